The number of carbonyl (C=O) groups excluding carboxylic acids is 1. The lowest BCUT2D eigenvalue weighted by atomic mass is 10.0. The molecule has 1 aliphatic heterocycles. The van der Waals surface area contributed by atoms with E-state index in [2.05, 4.69) is 6.92 Å². The van der Waals surface area contributed by atoms with Gasteiger partial charge in [-0.05, 0) is 19.3 Å². The van der Waals surface area contributed by atoms with E-state index in [9.17, 15) is 4.79 Å². The quantitative estimate of drug-likeness (QED) is 0.744. The van der Waals surface area contributed by atoms with Gasteiger partial charge in [-0.1, -0.05) is 20.3 Å². The summed E-state index contributed by atoms with van der Waals surface area (Å²) >= 11 is 0. The summed E-state index contributed by atoms with van der Waals surface area (Å²) in [6, 6.07) is 0.306. The van der Waals surface area contributed by atoms with Gasteiger partial charge >= 0.3 is 0 Å². The molecule has 0 aromatic rings. The van der Waals surface area contributed by atoms with Crippen molar-refractivity contribution in [3.05, 3.63) is 0 Å². The van der Waals surface area contributed by atoms with Crippen LogP contribution in [-0.2, 0) is 4.79 Å². The van der Waals surface area contributed by atoms with E-state index in [4.69, 9.17) is 5.73 Å². The summed E-state index contributed by atoms with van der Waals surface area (Å²) in [5.41, 5.74) is 5.79. The fraction of sp³-hybridized carbons (Fsp3) is 0.909. The van der Waals surface area contributed by atoms with Crippen LogP contribution in [0.5, 0.6) is 0 Å². The molecule has 1 atom stereocenters. The largest absolute Gasteiger partial charge is 0.342 e. The van der Waals surface area contributed by atoms with Crippen molar-refractivity contribution in [3.63, 3.8) is 0 Å². The van der Waals surface area contributed by atoms with Crippen LogP contribution in [0.25, 0.3) is 0 Å². The molecule has 1 unspecified atom stereocenters. The van der Waals surface area contributed by atoms with E-state index in [1.807, 2.05) is 11.8 Å². The Morgan fingerprint density at radius 2 is 2.07 bits per heavy atom. The van der Waals surface area contributed by atoms with Gasteiger partial charge in [-0.2, -0.15) is 0 Å². The third-order valence-corrected chi connectivity index (χ3v) is 2.99. The predicted octanol–water partition coefficient (Wildman–Crippen LogP) is 1.37. The second kappa shape index (κ2) is 5.35. The second-order valence-electron chi connectivity index (χ2n) is 4.35. The van der Waals surface area contributed by atoms with Crippen LogP contribution in [0.1, 0.15) is 39.5 Å². The van der Waals surface area contributed by atoms with E-state index < -0.39 is 0 Å². The Balaban J connectivity index is 2.37. The van der Waals surface area contributed by atoms with E-state index in [0.717, 1.165) is 38.8 Å². The van der Waals surface area contributed by atoms with E-state index in [1.165, 1.54) is 0 Å². The van der Waals surface area contributed by atoms with Gasteiger partial charge in [-0.3, -0.25) is 4.79 Å². The third kappa shape index (κ3) is 2.98. The van der Waals surface area contributed by atoms with Crippen molar-refractivity contribution < 1.29 is 4.79 Å². The zero-order valence-corrected chi connectivity index (χ0v) is 9.33. The monoisotopic (exact) mass is 198 g/mol. The van der Waals surface area contributed by atoms with Crippen molar-refractivity contribution in [2.45, 2.75) is 45.6 Å². The molecular formula is C11H22N2O. The molecule has 2 N–H and O–H groups in total. The molecule has 0 bridgehead atoms. The van der Waals surface area contributed by atoms with Crippen LogP contribution in [0.15, 0.2) is 0 Å². The molecule has 14 heavy (non-hydrogen) atoms. The molecule has 0 radical (unpaired) electrons. The number of carbonyl (C=O) groups is 1. The van der Waals surface area contributed by atoms with Crippen molar-refractivity contribution in [1.29, 1.82) is 0 Å². The third-order valence-electron chi connectivity index (χ3n) is 2.99. The SMILES string of the molecule is CCCC(C)C(=O)N1CCC(N)CC1. The first-order chi connectivity index (χ1) is 6.65. The average Bonchev–Trinajstić information content (AvgIpc) is 2.18. The number of likely N-dealkylation sites (tertiary alicyclic amines) is 1. The van der Waals surface area contributed by atoms with Crippen LogP contribution in [-0.4, -0.2) is 29.9 Å². The van der Waals surface area contributed by atoms with Crippen molar-refractivity contribution in [3.8, 4) is 0 Å². The first-order valence-corrected chi connectivity index (χ1v) is 5.69. The maximum absolute atomic E-state index is 11.9. The molecular weight excluding hydrogens is 176 g/mol. The lowest BCUT2D eigenvalue weighted by molar-refractivity contribution is -0.136. The fourth-order valence-corrected chi connectivity index (χ4v) is 1.99. The van der Waals surface area contributed by atoms with E-state index in [1.54, 1.807) is 0 Å². The van der Waals surface area contributed by atoms with E-state index in [-0.39, 0.29) is 5.92 Å². The standard InChI is InChI=1S/C11H22N2O/c1-3-4-9(2)11(14)13-7-5-10(12)6-8-13/h9-10H,3-8,12H2,1-2H3. The fourth-order valence-electron chi connectivity index (χ4n) is 1.99. The van der Waals surface area contributed by atoms with E-state index >= 15 is 0 Å². The molecule has 1 rings (SSSR count). The number of piperidine rings is 1. The molecule has 1 saturated heterocycles. The van der Waals surface area contributed by atoms with Crippen LogP contribution in [0, 0.1) is 5.92 Å². The summed E-state index contributed by atoms with van der Waals surface area (Å²) in [4.78, 5) is 13.9. The Morgan fingerprint density at radius 1 is 1.50 bits per heavy atom. The highest BCUT2D eigenvalue weighted by atomic mass is 16.2. The highest BCUT2D eigenvalue weighted by Gasteiger charge is 2.23. The Morgan fingerprint density at radius 3 is 2.57 bits per heavy atom. The number of nitrogens with two attached hydrogens (primary N) is 1. The molecule has 0 saturated carbocycles. The second-order valence-corrected chi connectivity index (χ2v) is 4.35. The van der Waals surface area contributed by atoms with Crippen molar-refractivity contribution in [2.24, 2.45) is 11.7 Å². The Labute approximate surface area is 86.6 Å². The Bertz CT molecular complexity index is 186. The molecule has 1 amide bonds. The Kier molecular flexibility index (Phi) is 4.39. The van der Waals surface area contributed by atoms with Crippen LogP contribution in [0.2, 0.25) is 0 Å². The molecule has 82 valence electrons. The van der Waals surface area contributed by atoms with Gasteiger partial charge in [0.05, 0.1) is 0 Å². The van der Waals surface area contributed by atoms with Gasteiger partial charge in [0.1, 0.15) is 0 Å². The van der Waals surface area contributed by atoms with Gasteiger partial charge in [0.25, 0.3) is 0 Å². The highest BCUT2D eigenvalue weighted by Crippen LogP contribution is 2.14. The molecule has 1 heterocycles. The molecule has 0 spiro atoms. The normalized spacial score (nSPS) is 20.9. The van der Waals surface area contributed by atoms with E-state index in [0.29, 0.717) is 11.9 Å². The zero-order chi connectivity index (χ0) is 10.6. The summed E-state index contributed by atoms with van der Waals surface area (Å²) in [7, 11) is 0. The molecule has 1 fully saturated rings. The summed E-state index contributed by atoms with van der Waals surface area (Å²) in [5.74, 6) is 0.507. The maximum atomic E-state index is 11.9. The first kappa shape index (κ1) is 11.5. The van der Waals surface area contributed by atoms with Crippen LogP contribution >= 0.6 is 0 Å². The number of amides is 1. The highest BCUT2D eigenvalue weighted by molar-refractivity contribution is 5.78. The lowest BCUT2D eigenvalue weighted by Gasteiger charge is -2.32. The summed E-state index contributed by atoms with van der Waals surface area (Å²) in [5, 5.41) is 0. The number of rotatable bonds is 3. The summed E-state index contributed by atoms with van der Waals surface area (Å²) < 4.78 is 0. The first-order valence-electron chi connectivity index (χ1n) is 5.69. The minimum atomic E-state index is 0.189. The van der Waals surface area contributed by atoms with Gasteiger partial charge in [0.2, 0.25) is 5.91 Å². The van der Waals surface area contributed by atoms with Crippen molar-refractivity contribution >= 4 is 5.91 Å². The number of nitrogens with zero attached hydrogens (tertiary/aromatic N) is 1. The minimum Gasteiger partial charge on any atom is -0.342 e. The summed E-state index contributed by atoms with van der Waals surface area (Å²) in [6.45, 7) is 5.86. The summed E-state index contributed by atoms with van der Waals surface area (Å²) in [6.07, 6.45) is 4.01. The molecule has 1 aliphatic rings. The molecule has 0 aromatic heterocycles. The Hall–Kier alpha value is -0.570. The van der Waals surface area contributed by atoms with Crippen LogP contribution in [0.3, 0.4) is 0 Å². The molecule has 3 heteroatoms. The maximum Gasteiger partial charge on any atom is 0.225 e. The van der Waals surface area contributed by atoms with Gasteiger partial charge in [0.15, 0.2) is 0 Å². The topological polar surface area (TPSA) is 46.3 Å². The van der Waals surface area contributed by atoms with Crippen LogP contribution in [0.4, 0.5) is 0 Å². The molecule has 0 aliphatic carbocycles. The van der Waals surface area contributed by atoms with Crippen molar-refractivity contribution in [1.82, 2.24) is 4.90 Å². The number of hydrogen-bond acceptors (Lipinski definition) is 2. The smallest absolute Gasteiger partial charge is 0.225 e. The van der Waals surface area contributed by atoms with Crippen molar-refractivity contribution in [2.75, 3.05) is 13.1 Å². The minimum absolute atomic E-state index is 0.189. The van der Waals surface area contributed by atoms with Gasteiger partial charge in [-0.15, -0.1) is 0 Å². The molecule has 3 nitrogen and oxygen atoms in total. The lowest BCUT2D eigenvalue weighted by Crippen LogP contribution is -2.44. The number of hydrogen-bond donors (Lipinski definition) is 1. The van der Waals surface area contributed by atoms with Gasteiger partial charge in [0, 0.05) is 25.0 Å². The zero-order valence-electron chi connectivity index (χ0n) is 9.33. The van der Waals surface area contributed by atoms with Crippen LogP contribution < -0.4 is 5.73 Å². The van der Waals surface area contributed by atoms with Gasteiger partial charge in [-0.25, -0.2) is 0 Å². The average molecular weight is 198 g/mol. The van der Waals surface area contributed by atoms with Gasteiger partial charge < -0.3 is 10.6 Å². The molecule has 0 aromatic carbocycles. The predicted molar refractivity (Wildman–Crippen MR) is 57.9 cm³/mol.